The van der Waals surface area contributed by atoms with E-state index in [1.807, 2.05) is 19.1 Å². The Bertz CT molecular complexity index is 993. The lowest BCUT2D eigenvalue weighted by Crippen LogP contribution is -2.13. The number of carbonyl (C=O) groups is 1. The number of ether oxygens (including phenoxy) is 2. The van der Waals surface area contributed by atoms with Crippen LogP contribution in [0.15, 0.2) is 46.4 Å². The van der Waals surface area contributed by atoms with Crippen molar-refractivity contribution in [3.8, 4) is 23.6 Å². The van der Waals surface area contributed by atoms with Gasteiger partial charge in [0, 0.05) is 10.7 Å². The lowest BCUT2D eigenvalue weighted by molar-refractivity contribution is -0.112. The number of carbonyl (C=O) groups excluding carboxylic acids is 1. The first-order valence-electron chi connectivity index (χ1n) is 8.13. The van der Waals surface area contributed by atoms with Crippen molar-refractivity contribution in [2.24, 2.45) is 0 Å². The summed E-state index contributed by atoms with van der Waals surface area (Å²) in [5, 5.41) is 21.2. The number of nitrogens with zero attached hydrogens (tertiary/aromatic N) is 2. The van der Waals surface area contributed by atoms with Gasteiger partial charge in [-0.15, -0.1) is 0 Å². The molecule has 28 heavy (non-hydrogen) atoms. The lowest BCUT2D eigenvalue weighted by Gasteiger charge is -2.13. The van der Waals surface area contributed by atoms with Crippen LogP contribution in [0, 0.1) is 22.7 Å². The molecule has 0 radical (unpaired) electrons. The molecule has 0 atom stereocenters. The van der Waals surface area contributed by atoms with Crippen molar-refractivity contribution in [1.29, 1.82) is 10.5 Å². The molecule has 6 nitrogen and oxygen atoms in total. The fraction of sp³-hybridized carbons (Fsp3) is 0.150. The van der Waals surface area contributed by atoms with E-state index in [4.69, 9.17) is 26.3 Å². The molecule has 142 valence electrons. The molecule has 0 heterocycles. The number of anilines is 1. The molecule has 0 aliphatic heterocycles. The fourth-order valence-electron chi connectivity index (χ4n) is 2.26. The predicted molar refractivity (Wildman–Crippen MR) is 110 cm³/mol. The van der Waals surface area contributed by atoms with Crippen LogP contribution in [0.1, 0.15) is 12.5 Å². The van der Waals surface area contributed by atoms with Crippen molar-refractivity contribution in [3.63, 3.8) is 0 Å². The highest BCUT2D eigenvalue weighted by Gasteiger charge is 2.14. The first-order valence-corrected chi connectivity index (χ1v) is 9.30. The van der Waals surface area contributed by atoms with E-state index in [0.717, 1.165) is 0 Å². The Labute approximate surface area is 176 Å². The van der Waals surface area contributed by atoms with E-state index < -0.39 is 5.91 Å². The maximum atomic E-state index is 12.4. The van der Waals surface area contributed by atoms with Gasteiger partial charge in [0.1, 0.15) is 17.7 Å². The second-order valence-corrected chi connectivity index (χ2v) is 6.63. The number of benzene rings is 2. The van der Waals surface area contributed by atoms with E-state index in [1.165, 1.54) is 6.08 Å². The van der Waals surface area contributed by atoms with Crippen LogP contribution in [0.2, 0.25) is 5.02 Å². The first-order chi connectivity index (χ1) is 13.5. The van der Waals surface area contributed by atoms with Crippen molar-refractivity contribution in [2.45, 2.75) is 6.92 Å². The number of amides is 1. The molecule has 0 aliphatic carbocycles. The van der Waals surface area contributed by atoms with Crippen LogP contribution < -0.4 is 14.8 Å². The van der Waals surface area contributed by atoms with Crippen LogP contribution in [0.25, 0.3) is 6.08 Å². The van der Waals surface area contributed by atoms with Crippen molar-refractivity contribution >= 4 is 45.2 Å². The lowest BCUT2D eigenvalue weighted by atomic mass is 10.1. The Morgan fingerprint density at radius 2 is 2.07 bits per heavy atom. The Hall–Kier alpha value is -3.00. The van der Waals surface area contributed by atoms with Gasteiger partial charge in [-0.3, -0.25) is 4.79 Å². The van der Waals surface area contributed by atoms with Crippen molar-refractivity contribution in [2.75, 3.05) is 18.5 Å². The zero-order valence-electron chi connectivity index (χ0n) is 14.8. The molecule has 0 fully saturated rings. The molecule has 0 aromatic heterocycles. The van der Waals surface area contributed by atoms with Gasteiger partial charge in [0.2, 0.25) is 0 Å². The summed E-state index contributed by atoms with van der Waals surface area (Å²) in [6.07, 6.45) is 1.43. The van der Waals surface area contributed by atoms with E-state index in [-0.39, 0.29) is 12.2 Å². The summed E-state index contributed by atoms with van der Waals surface area (Å²) in [6.45, 7) is 2.05. The van der Waals surface area contributed by atoms with Crippen LogP contribution >= 0.6 is 27.5 Å². The van der Waals surface area contributed by atoms with Gasteiger partial charge in [0.15, 0.2) is 18.1 Å². The molecular formula is C20H15BrClN3O3. The van der Waals surface area contributed by atoms with E-state index in [9.17, 15) is 10.1 Å². The van der Waals surface area contributed by atoms with Gasteiger partial charge in [-0.1, -0.05) is 17.7 Å². The number of hydrogen-bond donors (Lipinski definition) is 1. The summed E-state index contributed by atoms with van der Waals surface area (Å²) in [7, 11) is 0. The highest BCUT2D eigenvalue weighted by atomic mass is 79.9. The van der Waals surface area contributed by atoms with Gasteiger partial charge in [0.25, 0.3) is 5.91 Å². The number of nitriles is 2. The van der Waals surface area contributed by atoms with Gasteiger partial charge in [-0.05, 0) is 64.8 Å². The minimum Gasteiger partial charge on any atom is -0.490 e. The summed E-state index contributed by atoms with van der Waals surface area (Å²) in [4.78, 5) is 12.4. The van der Waals surface area contributed by atoms with Gasteiger partial charge in [-0.2, -0.15) is 10.5 Å². The van der Waals surface area contributed by atoms with Gasteiger partial charge >= 0.3 is 0 Å². The van der Waals surface area contributed by atoms with E-state index in [1.54, 1.807) is 36.4 Å². The fourth-order valence-corrected chi connectivity index (χ4v) is 3.02. The van der Waals surface area contributed by atoms with Gasteiger partial charge in [0.05, 0.1) is 11.1 Å². The normalized spacial score (nSPS) is 10.5. The third-order valence-electron chi connectivity index (χ3n) is 3.37. The molecule has 1 amide bonds. The molecule has 2 aromatic rings. The third kappa shape index (κ3) is 5.75. The van der Waals surface area contributed by atoms with Gasteiger partial charge in [-0.25, -0.2) is 0 Å². The SMILES string of the molecule is CCOc1cc(/C=C(\C#N)C(=O)Nc2cccc(Cl)c2)cc(Br)c1OCC#N. The second kappa shape index (κ2) is 10.4. The van der Waals surface area contributed by atoms with Crippen LogP contribution in [0.4, 0.5) is 5.69 Å². The molecular weight excluding hydrogens is 446 g/mol. The minimum absolute atomic E-state index is 0.0972. The zero-order valence-corrected chi connectivity index (χ0v) is 17.2. The summed E-state index contributed by atoms with van der Waals surface area (Å²) in [5.41, 5.74) is 0.938. The Morgan fingerprint density at radius 3 is 2.71 bits per heavy atom. The van der Waals surface area contributed by atoms with E-state index in [2.05, 4.69) is 21.2 Å². The molecule has 0 saturated heterocycles. The van der Waals surface area contributed by atoms with E-state index >= 15 is 0 Å². The molecule has 1 N–H and O–H groups in total. The largest absolute Gasteiger partial charge is 0.490 e. The second-order valence-electron chi connectivity index (χ2n) is 5.34. The first kappa shape index (κ1) is 21.3. The summed E-state index contributed by atoms with van der Waals surface area (Å²) >= 11 is 9.27. The number of rotatable bonds is 7. The number of nitrogens with one attached hydrogen (secondary N) is 1. The Balaban J connectivity index is 2.33. The number of hydrogen-bond acceptors (Lipinski definition) is 5. The van der Waals surface area contributed by atoms with E-state index in [0.29, 0.717) is 38.9 Å². The minimum atomic E-state index is -0.566. The molecule has 2 rings (SSSR count). The highest BCUT2D eigenvalue weighted by Crippen LogP contribution is 2.37. The average Bonchev–Trinajstić information content (AvgIpc) is 2.65. The summed E-state index contributed by atoms with van der Waals surface area (Å²) < 4.78 is 11.5. The Morgan fingerprint density at radius 1 is 1.29 bits per heavy atom. The molecule has 0 spiro atoms. The third-order valence-corrected chi connectivity index (χ3v) is 4.20. The average molecular weight is 461 g/mol. The topological polar surface area (TPSA) is 95.1 Å². The van der Waals surface area contributed by atoms with Crippen LogP contribution in [-0.2, 0) is 4.79 Å². The van der Waals surface area contributed by atoms with Crippen molar-refractivity contribution in [1.82, 2.24) is 0 Å². The molecule has 0 unspecified atom stereocenters. The predicted octanol–water partition coefficient (Wildman–Crippen LogP) is 4.95. The quantitative estimate of drug-likeness (QED) is 0.466. The van der Waals surface area contributed by atoms with Crippen LogP contribution in [0.5, 0.6) is 11.5 Å². The van der Waals surface area contributed by atoms with Crippen molar-refractivity contribution < 1.29 is 14.3 Å². The molecule has 0 saturated carbocycles. The Kier molecular flexibility index (Phi) is 7.88. The monoisotopic (exact) mass is 459 g/mol. The van der Waals surface area contributed by atoms with Crippen LogP contribution in [-0.4, -0.2) is 19.1 Å². The summed E-state index contributed by atoms with van der Waals surface area (Å²) in [6, 6.07) is 13.7. The van der Waals surface area contributed by atoms with Crippen molar-refractivity contribution in [3.05, 3.63) is 57.0 Å². The molecule has 0 bridgehead atoms. The highest BCUT2D eigenvalue weighted by molar-refractivity contribution is 9.10. The maximum Gasteiger partial charge on any atom is 0.266 e. The maximum absolute atomic E-state index is 12.4. The molecule has 2 aromatic carbocycles. The zero-order chi connectivity index (χ0) is 20.5. The van der Waals surface area contributed by atoms with Crippen LogP contribution in [0.3, 0.4) is 0 Å². The molecule has 0 aliphatic rings. The number of halogens is 2. The van der Waals surface area contributed by atoms with Gasteiger partial charge < -0.3 is 14.8 Å². The summed E-state index contributed by atoms with van der Waals surface area (Å²) in [5.74, 6) is 0.206. The molecule has 8 heteroatoms. The standard InChI is InChI=1S/C20H15BrClN3O3/c1-2-27-18-10-13(9-17(21)19(18)28-7-6-23)8-14(12-24)20(26)25-16-5-3-4-15(22)11-16/h3-5,8-11H,2,7H2,1H3,(H,25,26)/b14-8+. The smallest absolute Gasteiger partial charge is 0.266 e.